The lowest BCUT2D eigenvalue weighted by atomic mass is 10.2. The number of hydrogen-bond acceptors (Lipinski definition) is 4. The van der Waals surface area contributed by atoms with Crippen molar-refractivity contribution in [2.75, 3.05) is 18.6 Å². The second kappa shape index (κ2) is 6.03. The van der Waals surface area contributed by atoms with E-state index in [1.165, 1.54) is 19.2 Å². The fourth-order valence-corrected chi connectivity index (χ4v) is 3.22. The first-order chi connectivity index (χ1) is 12.5. The molecule has 0 atom stereocenters. The van der Waals surface area contributed by atoms with Crippen LogP contribution in [0.2, 0.25) is 5.02 Å². The Labute approximate surface area is 153 Å². The van der Waals surface area contributed by atoms with E-state index in [2.05, 4.69) is 9.97 Å². The molecule has 2 aromatic carbocycles. The van der Waals surface area contributed by atoms with Gasteiger partial charge in [0.05, 0.1) is 35.3 Å². The summed E-state index contributed by atoms with van der Waals surface area (Å²) in [7, 11) is 1.52. The predicted octanol–water partition coefficient (Wildman–Crippen LogP) is 4.13. The van der Waals surface area contributed by atoms with Crippen LogP contribution in [0.5, 0.6) is 5.75 Å². The molecule has 4 rings (SSSR count). The van der Waals surface area contributed by atoms with Gasteiger partial charge in [0.25, 0.3) is 0 Å². The second-order valence-electron chi connectivity index (χ2n) is 5.82. The maximum Gasteiger partial charge on any atom is 0.145 e. The highest BCUT2D eigenvalue weighted by molar-refractivity contribution is 6.33. The molecule has 1 aliphatic heterocycles. The highest BCUT2D eigenvalue weighted by Gasteiger charge is 2.31. The Morgan fingerprint density at radius 1 is 1.31 bits per heavy atom. The number of hydrogen-bond donors (Lipinski definition) is 3. The first-order valence-electron chi connectivity index (χ1n) is 7.75. The number of ether oxygens (including phenoxy) is 1. The Balaban J connectivity index is 1.70. The Kier molecular flexibility index (Phi) is 3.81. The minimum atomic E-state index is -0.387. The van der Waals surface area contributed by atoms with Crippen molar-refractivity contribution >= 4 is 39.7 Å². The molecule has 0 bridgehead atoms. The highest BCUT2D eigenvalue weighted by Crippen LogP contribution is 2.34. The molecule has 0 spiro atoms. The quantitative estimate of drug-likeness (QED) is 0.645. The van der Waals surface area contributed by atoms with E-state index in [4.69, 9.17) is 21.7 Å². The first-order valence-corrected chi connectivity index (χ1v) is 8.13. The molecule has 0 amide bonds. The van der Waals surface area contributed by atoms with Crippen LogP contribution in [-0.4, -0.2) is 34.6 Å². The van der Waals surface area contributed by atoms with Crippen LogP contribution in [0.1, 0.15) is 5.82 Å². The standard InChI is InChI=1S/C18H14ClFN4O2/c1-26-15-5-3-10(7-11(15)19)24-8-14(25)16(17(24)21)18-22-12-4-2-9(20)6-13(12)23-18/h2-7,21,25H,8H2,1H3,(H,22,23). The van der Waals surface area contributed by atoms with E-state index in [0.717, 1.165) is 0 Å². The lowest BCUT2D eigenvalue weighted by Gasteiger charge is -2.19. The topological polar surface area (TPSA) is 85.2 Å². The van der Waals surface area contributed by atoms with Crippen molar-refractivity contribution in [3.05, 3.63) is 58.8 Å². The van der Waals surface area contributed by atoms with Crippen LogP contribution < -0.4 is 9.64 Å². The van der Waals surface area contributed by atoms with Gasteiger partial charge in [-0.2, -0.15) is 0 Å². The van der Waals surface area contributed by atoms with Crippen molar-refractivity contribution < 1.29 is 14.2 Å². The smallest absolute Gasteiger partial charge is 0.145 e. The Morgan fingerprint density at radius 2 is 2.12 bits per heavy atom. The molecule has 0 fully saturated rings. The molecule has 3 N–H and O–H groups in total. The number of amidine groups is 1. The van der Waals surface area contributed by atoms with Crippen LogP contribution in [0.25, 0.3) is 16.6 Å². The highest BCUT2D eigenvalue weighted by atomic mass is 35.5. The molecule has 1 aliphatic rings. The predicted molar refractivity (Wildman–Crippen MR) is 98.7 cm³/mol. The van der Waals surface area contributed by atoms with E-state index < -0.39 is 0 Å². The number of imidazole rings is 1. The van der Waals surface area contributed by atoms with E-state index >= 15 is 0 Å². The fraction of sp³-hybridized carbons (Fsp3) is 0.111. The number of fused-ring (bicyclic) bond motifs is 1. The van der Waals surface area contributed by atoms with Crippen molar-refractivity contribution in [1.29, 1.82) is 5.41 Å². The number of methoxy groups -OCH3 is 1. The largest absolute Gasteiger partial charge is 0.509 e. The summed E-state index contributed by atoms with van der Waals surface area (Å²) in [6, 6.07) is 9.30. The van der Waals surface area contributed by atoms with E-state index in [9.17, 15) is 9.50 Å². The summed E-state index contributed by atoms with van der Waals surface area (Å²) in [5.41, 5.74) is 1.97. The van der Waals surface area contributed by atoms with Gasteiger partial charge in [-0.3, -0.25) is 5.41 Å². The maximum absolute atomic E-state index is 13.4. The number of aromatic nitrogens is 2. The van der Waals surface area contributed by atoms with Gasteiger partial charge in [-0.1, -0.05) is 11.6 Å². The van der Waals surface area contributed by atoms with Crippen molar-refractivity contribution in [3.63, 3.8) is 0 Å². The maximum atomic E-state index is 13.4. The summed E-state index contributed by atoms with van der Waals surface area (Å²) in [6.07, 6.45) is 0. The van der Waals surface area contributed by atoms with E-state index in [-0.39, 0.29) is 29.5 Å². The lowest BCUT2D eigenvalue weighted by Crippen LogP contribution is -2.26. The SMILES string of the molecule is COc1ccc(N2CC(O)=C(c3nc4ccc(F)cc4[nH]3)C2=N)cc1Cl. The molecule has 1 aromatic heterocycles. The molecule has 132 valence electrons. The zero-order valence-corrected chi connectivity index (χ0v) is 14.4. The van der Waals surface area contributed by atoms with Crippen LogP contribution in [0, 0.1) is 11.2 Å². The van der Waals surface area contributed by atoms with Gasteiger partial charge in [-0.25, -0.2) is 9.37 Å². The monoisotopic (exact) mass is 372 g/mol. The molecule has 0 unspecified atom stereocenters. The number of aliphatic hydroxyl groups excluding tert-OH is 1. The zero-order valence-electron chi connectivity index (χ0n) is 13.7. The normalized spacial score (nSPS) is 14.6. The van der Waals surface area contributed by atoms with E-state index in [0.29, 0.717) is 33.3 Å². The Morgan fingerprint density at radius 3 is 2.85 bits per heavy atom. The van der Waals surface area contributed by atoms with Crippen molar-refractivity contribution in [2.24, 2.45) is 0 Å². The summed E-state index contributed by atoms with van der Waals surface area (Å²) >= 11 is 6.16. The van der Waals surface area contributed by atoms with E-state index in [1.54, 1.807) is 29.2 Å². The van der Waals surface area contributed by atoms with Crippen LogP contribution in [0.3, 0.4) is 0 Å². The first kappa shape index (κ1) is 16.4. The number of aromatic amines is 1. The van der Waals surface area contributed by atoms with Crippen LogP contribution in [0.15, 0.2) is 42.2 Å². The van der Waals surface area contributed by atoms with Crippen molar-refractivity contribution in [1.82, 2.24) is 9.97 Å². The number of benzene rings is 2. The van der Waals surface area contributed by atoms with Gasteiger partial charge in [-0.05, 0) is 36.4 Å². The molecule has 26 heavy (non-hydrogen) atoms. The van der Waals surface area contributed by atoms with Gasteiger partial charge in [0, 0.05) is 5.69 Å². The molecular formula is C18H14ClFN4O2. The van der Waals surface area contributed by atoms with Gasteiger partial charge >= 0.3 is 0 Å². The van der Waals surface area contributed by atoms with Crippen LogP contribution in [-0.2, 0) is 0 Å². The fourth-order valence-electron chi connectivity index (χ4n) is 2.97. The molecule has 0 radical (unpaired) electrons. The number of nitrogens with one attached hydrogen (secondary N) is 2. The van der Waals surface area contributed by atoms with Crippen molar-refractivity contribution in [3.8, 4) is 5.75 Å². The molecular weight excluding hydrogens is 359 g/mol. The molecule has 8 heteroatoms. The number of nitrogens with zero attached hydrogens (tertiary/aromatic N) is 2. The van der Waals surface area contributed by atoms with Crippen molar-refractivity contribution in [2.45, 2.75) is 0 Å². The summed E-state index contributed by atoms with van der Waals surface area (Å²) in [5.74, 6) is 0.527. The average molecular weight is 373 g/mol. The van der Waals surface area contributed by atoms with E-state index in [1.807, 2.05) is 0 Å². The second-order valence-corrected chi connectivity index (χ2v) is 6.23. The summed E-state index contributed by atoms with van der Waals surface area (Å²) in [5, 5.41) is 19.3. The third-order valence-electron chi connectivity index (χ3n) is 4.23. The minimum absolute atomic E-state index is 0.00136. The molecule has 0 saturated heterocycles. The molecule has 2 heterocycles. The van der Waals surface area contributed by atoms with Crippen LogP contribution in [0.4, 0.5) is 10.1 Å². The zero-order chi connectivity index (χ0) is 18.4. The van der Waals surface area contributed by atoms with Gasteiger partial charge in [0.15, 0.2) is 0 Å². The number of halogens is 2. The molecule has 3 aromatic rings. The van der Waals surface area contributed by atoms with Gasteiger partial charge < -0.3 is 19.7 Å². The number of H-pyrrole nitrogens is 1. The van der Waals surface area contributed by atoms with Gasteiger partial charge in [0.2, 0.25) is 0 Å². The average Bonchev–Trinajstić information content (AvgIpc) is 3.14. The van der Waals surface area contributed by atoms with Gasteiger partial charge in [0.1, 0.15) is 29.0 Å². The Hall–Kier alpha value is -3.06. The number of anilines is 1. The number of rotatable bonds is 3. The molecule has 6 nitrogen and oxygen atoms in total. The minimum Gasteiger partial charge on any atom is -0.509 e. The summed E-state index contributed by atoms with van der Waals surface area (Å²) < 4.78 is 18.5. The molecule has 0 aliphatic carbocycles. The number of aliphatic hydroxyl groups is 1. The Bertz CT molecular complexity index is 1080. The third-order valence-corrected chi connectivity index (χ3v) is 4.53. The van der Waals surface area contributed by atoms with Crippen LogP contribution >= 0.6 is 11.6 Å². The third kappa shape index (κ3) is 2.57. The summed E-state index contributed by atoms with van der Waals surface area (Å²) in [4.78, 5) is 8.92. The molecule has 0 saturated carbocycles. The lowest BCUT2D eigenvalue weighted by molar-refractivity contribution is 0.411. The summed E-state index contributed by atoms with van der Waals surface area (Å²) in [6.45, 7) is 0.113. The van der Waals surface area contributed by atoms with Gasteiger partial charge in [-0.15, -0.1) is 0 Å².